The van der Waals surface area contributed by atoms with Crippen molar-refractivity contribution in [2.75, 3.05) is 6.61 Å². The van der Waals surface area contributed by atoms with Gasteiger partial charge in [0.1, 0.15) is 0 Å². The van der Waals surface area contributed by atoms with E-state index in [1.165, 1.54) is 44.1 Å². The first kappa shape index (κ1) is 14.0. The van der Waals surface area contributed by atoms with Crippen molar-refractivity contribution in [2.24, 2.45) is 23.2 Å². The summed E-state index contributed by atoms with van der Waals surface area (Å²) in [6.07, 6.45) is 8.26. The normalized spacial score (nSPS) is 38.6. The van der Waals surface area contributed by atoms with Crippen molar-refractivity contribution >= 4 is 11.1 Å². The van der Waals surface area contributed by atoms with Crippen molar-refractivity contribution in [3.05, 3.63) is 29.8 Å². The maximum Gasteiger partial charge on any atom is 0.189 e. The summed E-state index contributed by atoms with van der Waals surface area (Å²) in [5.74, 6) is 2.77. The van der Waals surface area contributed by atoms with E-state index in [4.69, 9.17) is 4.18 Å². The summed E-state index contributed by atoms with van der Waals surface area (Å²) in [6, 6.07) is 7.85. The molecule has 114 valence electrons. The minimum Gasteiger partial charge on any atom is -0.286 e. The van der Waals surface area contributed by atoms with Gasteiger partial charge in [0.15, 0.2) is 11.1 Å². The molecule has 4 aliphatic carbocycles. The first-order chi connectivity index (χ1) is 10.1. The monoisotopic (exact) mass is 304 g/mol. The summed E-state index contributed by atoms with van der Waals surface area (Å²) in [7, 11) is 0. The fraction of sp³-hybridized carbons (Fsp3) is 0.667. The summed E-state index contributed by atoms with van der Waals surface area (Å²) >= 11 is -1.30. The van der Waals surface area contributed by atoms with E-state index >= 15 is 0 Å². The van der Waals surface area contributed by atoms with Crippen LogP contribution in [0.1, 0.15) is 44.1 Å². The molecule has 1 aromatic carbocycles. The molecule has 5 rings (SSSR count). The minimum atomic E-state index is -1.30. The maximum absolute atomic E-state index is 12.3. The van der Waals surface area contributed by atoms with Crippen LogP contribution >= 0.6 is 0 Å². The summed E-state index contributed by atoms with van der Waals surface area (Å²) in [5.41, 5.74) is 1.53. The second-order valence-corrected chi connectivity index (χ2v) is 8.90. The largest absolute Gasteiger partial charge is 0.286 e. The van der Waals surface area contributed by atoms with Gasteiger partial charge in [0, 0.05) is 0 Å². The van der Waals surface area contributed by atoms with Gasteiger partial charge in [0.05, 0.1) is 11.5 Å². The van der Waals surface area contributed by atoms with Crippen LogP contribution in [-0.2, 0) is 15.3 Å². The predicted octanol–water partition coefficient (Wildman–Crippen LogP) is 4.25. The number of hydrogen-bond donors (Lipinski definition) is 0. The molecule has 21 heavy (non-hydrogen) atoms. The van der Waals surface area contributed by atoms with E-state index in [9.17, 15) is 4.21 Å². The van der Waals surface area contributed by atoms with Crippen LogP contribution in [0, 0.1) is 30.1 Å². The highest BCUT2D eigenvalue weighted by molar-refractivity contribution is 7.80. The van der Waals surface area contributed by atoms with Gasteiger partial charge in [-0.1, -0.05) is 17.7 Å². The Morgan fingerprint density at radius 1 is 1.05 bits per heavy atom. The topological polar surface area (TPSA) is 26.3 Å². The number of aryl methyl sites for hydroxylation is 1. The van der Waals surface area contributed by atoms with Crippen molar-refractivity contribution < 1.29 is 8.39 Å². The molecule has 4 bridgehead atoms. The first-order valence-corrected chi connectivity index (χ1v) is 9.31. The lowest BCUT2D eigenvalue weighted by Crippen LogP contribution is -2.48. The van der Waals surface area contributed by atoms with Crippen LogP contribution in [0.15, 0.2) is 29.2 Å². The van der Waals surface area contributed by atoms with E-state index in [0.717, 1.165) is 22.6 Å². The van der Waals surface area contributed by atoms with Gasteiger partial charge < -0.3 is 0 Å². The van der Waals surface area contributed by atoms with E-state index in [-0.39, 0.29) is 0 Å². The fourth-order valence-electron chi connectivity index (χ4n) is 5.36. The Balaban J connectivity index is 1.42. The standard InChI is InChI=1S/C18H24O2S/c1-13-2-4-17(5-3-13)21(19)20-12-18-9-14-6-15(10-18)8-16(7-14)11-18/h2-5,14-16H,6-12H2,1H3/t14?,15?,16?,18?,21-/m1/s1. The third kappa shape index (κ3) is 2.70. The van der Waals surface area contributed by atoms with Crippen LogP contribution in [0.2, 0.25) is 0 Å². The van der Waals surface area contributed by atoms with Crippen LogP contribution in [0.4, 0.5) is 0 Å². The first-order valence-electron chi connectivity index (χ1n) is 8.24. The summed E-state index contributed by atoms with van der Waals surface area (Å²) in [4.78, 5) is 0.797. The van der Waals surface area contributed by atoms with Crippen LogP contribution in [-0.4, -0.2) is 10.8 Å². The molecule has 0 spiro atoms. The molecular weight excluding hydrogens is 280 g/mol. The Morgan fingerprint density at radius 2 is 1.57 bits per heavy atom. The molecule has 0 aliphatic heterocycles. The molecule has 0 unspecified atom stereocenters. The molecular formula is C18H24O2S. The number of benzene rings is 1. The van der Waals surface area contributed by atoms with Gasteiger partial charge in [-0.05, 0) is 80.8 Å². The van der Waals surface area contributed by atoms with Crippen LogP contribution < -0.4 is 0 Å². The zero-order valence-electron chi connectivity index (χ0n) is 12.7. The molecule has 0 radical (unpaired) electrons. The van der Waals surface area contributed by atoms with Crippen LogP contribution in [0.3, 0.4) is 0 Å². The van der Waals surface area contributed by atoms with Crippen molar-refractivity contribution in [3.63, 3.8) is 0 Å². The molecule has 4 saturated carbocycles. The lowest BCUT2D eigenvalue weighted by molar-refractivity contribution is -0.0726. The number of hydrogen-bond acceptors (Lipinski definition) is 2. The van der Waals surface area contributed by atoms with Crippen molar-refractivity contribution in [1.29, 1.82) is 0 Å². The van der Waals surface area contributed by atoms with E-state index in [2.05, 4.69) is 0 Å². The summed E-state index contributed by atoms with van der Waals surface area (Å²) < 4.78 is 18.2. The molecule has 3 heteroatoms. The molecule has 0 amide bonds. The van der Waals surface area contributed by atoms with Gasteiger partial charge in [-0.25, -0.2) is 4.21 Å². The highest BCUT2D eigenvalue weighted by atomic mass is 32.2. The van der Waals surface area contributed by atoms with Crippen molar-refractivity contribution in [1.82, 2.24) is 0 Å². The zero-order chi connectivity index (χ0) is 14.4. The quantitative estimate of drug-likeness (QED) is 0.831. The van der Waals surface area contributed by atoms with E-state index in [1.807, 2.05) is 31.2 Å². The maximum atomic E-state index is 12.3. The third-order valence-corrected chi connectivity index (χ3v) is 6.84. The average Bonchev–Trinajstić information content (AvgIpc) is 2.44. The highest BCUT2D eigenvalue weighted by Crippen LogP contribution is 2.60. The molecule has 0 heterocycles. The molecule has 1 aromatic rings. The van der Waals surface area contributed by atoms with E-state index in [1.54, 1.807) is 0 Å². The second-order valence-electron chi connectivity index (χ2n) is 7.73. The Kier molecular flexibility index (Phi) is 3.46. The van der Waals surface area contributed by atoms with E-state index in [0.29, 0.717) is 12.0 Å². The predicted molar refractivity (Wildman–Crippen MR) is 84.1 cm³/mol. The molecule has 1 atom stereocenters. The van der Waals surface area contributed by atoms with Crippen molar-refractivity contribution in [3.8, 4) is 0 Å². The lowest BCUT2D eigenvalue weighted by atomic mass is 9.50. The summed E-state index contributed by atoms with van der Waals surface area (Å²) in [5, 5.41) is 0. The lowest BCUT2D eigenvalue weighted by Gasteiger charge is -2.56. The van der Waals surface area contributed by atoms with E-state index < -0.39 is 11.1 Å². The minimum absolute atomic E-state index is 0.342. The smallest absolute Gasteiger partial charge is 0.189 e. The third-order valence-electron chi connectivity index (χ3n) is 5.85. The van der Waals surface area contributed by atoms with Crippen LogP contribution in [0.5, 0.6) is 0 Å². The van der Waals surface area contributed by atoms with Gasteiger partial charge in [-0.15, -0.1) is 0 Å². The van der Waals surface area contributed by atoms with Gasteiger partial charge in [0.2, 0.25) is 0 Å². The second kappa shape index (κ2) is 5.20. The summed E-state index contributed by atoms with van der Waals surface area (Å²) in [6.45, 7) is 2.74. The molecule has 0 aromatic heterocycles. The van der Waals surface area contributed by atoms with Gasteiger partial charge >= 0.3 is 0 Å². The Labute approximate surface area is 129 Å². The molecule has 2 nitrogen and oxygen atoms in total. The fourth-order valence-corrected chi connectivity index (χ4v) is 6.21. The van der Waals surface area contributed by atoms with Gasteiger partial charge in [-0.2, -0.15) is 0 Å². The Hall–Kier alpha value is -0.670. The molecule has 0 saturated heterocycles. The highest BCUT2D eigenvalue weighted by Gasteiger charge is 2.51. The zero-order valence-corrected chi connectivity index (χ0v) is 13.5. The van der Waals surface area contributed by atoms with Crippen LogP contribution in [0.25, 0.3) is 0 Å². The molecule has 4 aliphatic rings. The SMILES string of the molecule is Cc1ccc([S@](=O)OCC23CC4CC(CC(C4)C2)C3)cc1. The molecule has 0 N–H and O–H groups in total. The van der Waals surface area contributed by atoms with Gasteiger partial charge in [0.25, 0.3) is 0 Å². The Bertz CT molecular complexity index is 514. The number of rotatable bonds is 4. The van der Waals surface area contributed by atoms with Crippen molar-refractivity contribution in [2.45, 2.75) is 50.3 Å². The molecule has 4 fully saturated rings. The van der Waals surface area contributed by atoms with Gasteiger partial charge in [-0.3, -0.25) is 4.18 Å². The average molecular weight is 304 g/mol. The Morgan fingerprint density at radius 3 is 2.10 bits per heavy atom.